The predicted molar refractivity (Wildman–Crippen MR) is 261 cm³/mol. The molecule has 0 N–H and O–H groups in total. The van der Waals surface area contributed by atoms with Gasteiger partial charge in [0.2, 0.25) is 0 Å². The SMILES string of the molecule is CN(c1ccc(C2CCCC2)cc1)c1ccc2c(-c3ccccc3)c3cc(N(c4ccc(C5CCCC5)cc4)c4cccc5ccccc45)ccc3c(-c3ccccc3)c2c1. The minimum Gasteiger partial charge on any atom is -0.345 e. The van der Waals surface area contributed by atoms with Crippen LogP contribution in [0.15, 0.2) is 188 Å². The number of rotatable bonds is 9. The van der Waals surface area contributed by atoms with Gasteiger partial charge in [-0.3, -0.25) is 0 Å². The molecule has 2 heteroatoms. The minimum absolute atomic E-state index is 0.668. The molecule has 2 fully saturated rings. The van der Waals surface area contributed by atoms with Crippen LogP contribution >= 0.6 is 0 Å². The standard InChI is InChI=1S/C59H52N2/c1-60(48-31-27-43(28-32-48)41-15-8-9-16-41)50-35-37-53-55(39-50)58(46-20-4-2-5-21-46)54-38-36-51(40-56(54)59(53)47-22-6-3-7-23-47)61(57-26-14-24-45-19-12-13-25-52(45)57)49-33-29-44(30-34-49)42-17-10-11-18-42/h2-7,12-14,19-42H,8-11,15-18H2,1H3. The molecule has 0 heterocycles. The summed E-state index contributed by atoms with van der Waals surface area (Å²) in [7, 11) is 2.21. The predicted octanol–water partition coefficient (Wildman–Crippen LogP) is 17.0. The zero-order valence-corrected chi connectivity index (χ0v) is 35.1. The zero-order chi connectivity index (χ0) is 40.7. The maximum Gasteiger partial charge on any atom is 0.0540 e. The van der Waals surface area contributed by atoms with E-state index in [2.05, 4.69) is 205 Å². The Hall–Kier alpha value is -6.64. The Labute approximate surface area is 360 Å². The van der Waals surface area contributed by atoms with E-state index in [4.69, 9.17) is 0 Å². The second-order valence-electron chi connectivity index (χ2n) is 17.5. The molecule has 2 aliphatic carbocycles. The van der Waals surface area contributed by atoms with Gasteiger partial charge in [0.15, 0.2) is 0 Å². The van der Waals surface area contributed by atoms with Crippen molar-refractivity contribution in [1.82, 2.24) is 0 Å². The first-order valence-electron chi connectivity index (χ1n) is 22.5. The first-order chi connectivity index (χ1) is 30.2. The smallest absolute Gasteiger partial charge is 0.0540 e. The van der Waals surface area contributed by atoms with Crippen molar-refractivity contribution in [1.29, 1.82) is 0 Å². The Morgan fingerprint density at radius 3 is 1.39 bits per heavy atom. The molecular weight excluding hydrogens is 737 g/mol. The third-order valence-electron chi connectivity index (χ3n) is 13.9. The number of anilines is 5. The third-order valence-corrected chi connectivity index (χ3v) is 13.9. The molecule has 0 aliphatic heterocycles. The number of nitrogens with zero attached hydrogens (tertiary/aromatic N) is 2. The van der Waals surface area contributed by atoms with Crippen LogP contribution < -0.4 is 9.80 Å². The second-order valence-corrected chi connectivity index (χ2v) is 17.5. The molecule has 0 unspecified atom stereocenters. The van der Waals surface area contributed by atoms with Gasteiger partial charge in [0, 0.05) is 35.2 Å². The first kappa shape index (κ1) is 37.4. The van der Waals surface area contributed by atoms with Gasteiger partial charge >= 0.3 is 0 Å². The molecule has 0 spiro atoms. The van der Waals surface area contributed by atoms with Crippen molar-refractivity contribution in [3.05, 3.63) is 199 Å². The highest BCUT2D eigenvalue weighted by Crippen LogP contribution is 2.48. The molecule has 2 saturated carbocycles. The van der Waals surface area contributed by atoms with Gasteiger partial charge in [-0.1, -0.05) is 159 Å². The van der Waals surface area contributed by atoms with Crippen LogP contribution in [0.2, 0.25) is 0 Å². The highest BCUT2D eigenvalue weighted by molar-refractivity contribution is 6.22. The molecule has 0 saturated heterocycles. The van der Waals surface area contributed by atoms with Crippen molar-refractivity contribution < 1.29 is 0 Å². The van der Waals surface area contributed by atoms with Crippen LogP contribution in [0.25, 0.3) is 54.6 Å². The third kappa shape index (κ3) is 6.95. The van der Waals surface area contributed by atoms with Gasteiger partial charge in [0.1, 0.15) is 0 Å². The molecule has 9 aromatic rings. The lowest BCUT2D eigenvalue weighted by atomic mass is 9.85. The Kier molecular flexibility index (Phi) is 9.85. The summed E-state index contributed by atoms with van der Waals surface area (Å²) >= 11 is 0. The molecule has 298 valence electrons. The lowest BCUT2D eigenvalue weighted by Crippen LogP contribution is -2.11. The largest absolute Gasteiger partial charge is 0.345 e. The Morgan fingerprint density at radius 2 is 0.820 bits per heavy atom. The van der Waals surface area contributed by atoms with Crippen LogP contribution in [0.3, 0.4) is 0 Å². The number of benzene rings is 9. The van der Waals surface area contributed by atoms with Gasteiger partial charge in [0.05, 0.1) is 5.69 Å². The molecule has 0 bridgehead atoms. The highest BCUT2D eigenvalue weighted by Gasteiger charge is 2.23. The summed E-state index contributed by atoms with van der Waals surface area (Å²) in [5.74, 6) is 1.38. The summed E-state index contributed by atoms with van der Waals surface area (Å²) in [5, 5.41) is 7.47. The quantitative estimate of drug-likeness (QED) is 0.134. The van der Waals surface area contributed by atoms with Crippen molar-refractivity contribution in [2.24, 2.45) is 0 Å². The molecule has 2 nitrogen and oxygen atoms in total. The van der Waals surface area contributed by atoms with Crippen LogP contribution in [-0.4, -0.2) is 7.05 Å². The van der Waals surface area contributed by atoms with E-state index in [0.29, 0.717) is 11.8 Å². The van der Waals surface area contributed by atoms with Crippen molar-refractivity contribution in [2.45, 2.75) is 63.2 Å². The number of fused-ring (bicyclic) bond motifs is 3. The molecular formula is C59H52N2. The lowest BCUT2D eigenvalue weighted by molar-refractivity contribution is 0.723. The van der Waals surface area contributed by atoms with Gasteiger partial charge in [-0.2, -0.15) is 0 Å². The Morgan fingerprint density at radius 1 is 0.361 bits per heavy atom. The summed E-state index contributed by atoms with van der Waals surface area (Å²) in [6, 6.07) is 70.7. The van der Waals surface area contributed by atoms with E-state index in [1.54, 1.807) is 0 Å². The van der Waals surface area contributed by atoms with E-state index in [9.17, 15) is 0 Å². The van der Waals surface area contributed by atoms with Crippen molar-refractivity contribution >= 4 is 60.8 Å². The van der Waals surface area contributed by atoms with Crippen molar-refractivity contribution in [2.75, 3.05) is 16.8 Å². The summed E-state index contributed by atoms with van der Waals surface area (Å²) in [5.41, 5.74) is 13.8. The van der Waals surface area contributed by atoms with E-state index >= 15 is 0 Å². The van der Waals surface area contributed by atoms with E-state index in [0.717, 1.165) is 5.69 Å². The summed E-state index contributed by atoms with van der Waals surface area (Å²) in [6.45, 7) is 0. The average molecular weight is 789 g/mol. The molecule has 0 aromatic heterocycles. The summed E-state index contributed by atoms with van der Waals surface area (Å²) in [4.78, 5) is 4.83. The highest BCUT2D eigenvalue weighted by atomic mass is 15.1. The zero-order valence-electron chi connectivity index (χ0n) is 35.1. The second kappa shape index (κ2) is 16.1. The molecule has 2 aliphatic rings. The number of hydrogen-bond donors (Lipinski definition) is 0. The normalized spacial score (nSPS) is 14.6. The maximum atomic E-state index is 2.48. The molecule has 0 atom stereocenters. The molecule has 9 aromatic carbocycles. The van der Waals surface area contributed by atoms with Gasteiger partial charge in [0.25, 0.3) is 0 Å². The molecule has 0 radical (unpaired) electrons. The van der Waals surface area contributed by atoms with E-state index in [1.165, 1.54) is 140 Å². The average Bonchev–Trinajstić information content (AvgIpc) is 4.08. The van der Waals surface area contributed by atoms with Gasteiger partial charge < -0.3 is 9.80 Å². The lowest BCUT2D eigenvalue weighted by Gasteiger charge is -2.28. The van der Waals surface area contributed by atoms with Crippen LogP contribution in [0.1, 0.15) is 74.3 Å². The molecule has 61 heavy (non-hydrogen) atoms. The maximum absolute atomic E-state index is 2.48. The fourth-order valence-corrected chi connectivity index (χ4v) is 10.7. The van der Waals surface area contributed by atoms with Crippen molar-refractivity contribution in [3.63, 3.8) is 0 Å². The van der Waals surface area contributed by atoms with Crippen molar-refractivity contribution in [3.8, 4) is 22.3 Å². The molecule has 11 rings (SSSR count). The first-order valence-corrected chi connectivity index (χ1v) is 22.5. The van der Waals surface area contributed by atoms with E-state index in [-0.39, 0.29) is 0 Å². The Balaban J connectivity index is 1.13. The van der Waals surface area contributed by atoms with Crippen LogP contribution in [0.5, 0.6) is 0 Å². The Bertz CT molecular complexity index is 2970. The van der Waals surface area contributed by atoms with Gasteiger partial charge in [-0.15, -0.1) is 0 Å². The fourth-order valence-electron chi connectivity index (χ4n) is 10.7. The minimum atomic E-state index is 0.668. The van der Waals surface area contributed by atoms with E-state index < -0.39 is 0 Å². The van der Waals surface area contributed by atoms with Crippen LogP contribution in [-0.2, 0) is 0 Å². The molecule has 0 amide bonds. The monoisotopic (exact) mass is 788 g/mol. The van der Waals surface area contributed by atoms with Gasteiger partial charge in [-0.05, 0) is 152 Å². The summed E-state index contributed by atoms with van der Waals surface area (Å²) < 4.78 is 0. The fraction of sp³-hybridized carbons (Fsp3) is 0.186. The topological polar surface area (TPSA) is 6.48 Å². The number of hydrogen-bond acceptors (Lipinski definition) is 2. The van der Waals surface area contributed by atoms with Crippen LogP contribution in [0.4, 0.5) is 28.4 Å². The van der Waals surface area contributed by atoms with Crippen LogP contribution in [0, 0.1) is 0 Å². The summed E-state index contributed by atoms with van der Waals surface area (Å²) in [6.07, 6.45) is 10.6. The van der Waals surface area contributed by atoms with Gasteiger partial charge in [-0.25, -0.2) is 0 Å². The van der Waals surface area contributed by atoms with E-state index in [1.807, 2.05) is 0 Å².